The largest absolute Gasteiger partial charge is 0.325 e. The van der Waals surface area contributed by atoms with Gasteiger partial charge in [0.2, 0.25) is 0 Å². The summed E-state index contributed by atoms with van der Waals surface area (Å²) >= 11 is 3.35. The van der Waals surface area contributed by atoms with Gasteiger partial charge < -0.3 is 5.73 Å². The van der Waals surface area contributed by atoms with E-state index in [-0.39, 0.29) is 5.82 Å². The van der Waals surface area contributed by atoms with Crippen molar-refractivity contribution in [2.45, 2.75) is 13.5 Å². The molecule has 0 atom stereocenters. The standard InChI is InChI=1S/C12H11BrFN3/c1-7-6-16-12(17-11(7)5-15)9-4-8(14)2-3-10(9)13/h2-4,6H,5,15H2,1H3. The molecule has 1 heterocycles. The molecule has 0 fully saturated rings. The molecule has 0 spiro atoms. The Morgan fingerprint density at radius 3 is 2.88 bits per heavy atom. The summed E-state index contributed by atoms with van der Waals surface area (Å²) in [6.45, 7) is 2.24. The van der Waals surface area contributed by atoms with Crippen LogP contribution in [-0.2, 0) is 6.54 Å². The van der Waals surface area contributed by atoms with Crippen LogP contribution in [0.1, 0.15) is 11.3 Å². The molecule has 0 aliphatic rings. The van der Waals surface area contributed by atoms with E-state index in [1.54, 1.807) is 12.3 Å². The molecule has 1 aromatic heterocycles. The highest BCUT2D eigenvalue weighted by Gasteiger charge is 2.09. The molecule has 2 N–H and O–H groups in total. The van der Waals surface area contributed by atoms with E-state index in [1.165, 1.54) is 12.1 Å². The molecule has 0 radical (unpaired) electrons. The summed E-state index contributed by atoms with van der Waals surface area (Å²) in [6.07, 6.45) is 1.70. The minimum absolute atomic E-state index is 0.318. The van der Waals surface area contributed by atoms with Crippen LogP contribution in [0.2, 0.25) is 0 Å². The summed E-state index contributed by atoms with van der Waals surface area (Å²) in [5, 5.41) is 0. The van der Waals surface area contributed by atoms with E-state index in [0.29, 0.717) is 17.9 Å². The van der Waals surface area contributed by atoms with Gasteiger partial charge in [-0.15, -0.1) is 0 Å². The predicted octanol–water partition coefficient (Wildman–Crippen LogP) is 2.81. The number of halogens is 2. The van der Waals surface area contributed by atoms with Crippen LogP contribution in [0.15, 0.2) is 28.9 Å². The molecular formula is C12H11BrFN3. The van der Waals surface area contributed by atoms with Gasteiger partial charge in [-0.1, -0.05) is 15.9 Å². The van der Waals surface area contributed by atoms with Gasteiger partial charge in [0.15, 0.2) is 5.82 Å². The van der Waals surface area contributed by atoms with Crippen molar-refractivity contribution >= 4 is 15.9 Å². The number of nitrogens with two attached hydrogens (primary N) is 1. The van der Waals surface area contributed by atoms with Gasteiger partial charge in [0.25, 0.3) is 0 Å². The summed E-state index contributed by atoms with van der Waals surface area (Å²) in [5.74, 6) is 0.157. The second-order valence-corrected chi connectivity index (χ2v) is 4.51. The fourth-order valence-electron chi connectivity index (χ4n) is 1.48. The van der Waals surface area contributed by atoms with E-state index >= 15 is 0 Å². The number of nitrogens with zero attached hydrogens (tertiary/aromatic N) is 2. The SMILES string of the molecule is Cc1cnc(-c2cc(F)ccc2Br)nc1CN. The molecule has 3 nitrogen and oxygen atoms in total. The summed E-state index contributed by atoms with van der Waals surface area (Å²) in [7, 11) is 0. The van der Waals surface area contributed by atoms with Gasteiger partial charge in [-0.3, -0.25) is 0 Å². The maximum absolute atomic E-state index is 13.2. The monoisotopic (exact) mass is 295 g/mol. The Bertz CT molecular complexity index is 557. The highest BCUT2D eigenvalue weighted by atomic mass is 79.9. The van der Waals surface area contributed by atoms with E-state index in [0.717, 1.165) is 15.7 Å². The number of hydrogen-bond donors (Lipinski definition) is 1. The van der Waals surface area contributed by atoms with Crippen molar-refractivity contribution in [3.05, 3.63) is 45.9 Å². The zero-order valence-corrected chi connectivity index (χ0v) is 10.8. The molecule has 0 bridgehead atoms. The number of aromatic nitrogens is 2. The van der Waals surface area contributed by atoms with Crippen molar-refractivity contribution in [1.29, 1.82) is 0 Å². The molecule has 17 heavy (non-hydrogen) atoms. The van der Waals surface area contributed by atoms with Crippen molar-refractivity contribution < 1.29 is 4.39 Å². The Balaban J connectivity index is 2.56. The molecule has 5 heteroatoms. The Morgan fingerprint density at radius 2 is 2.18 bits per heavy atom. The first-order valence-corrected chi connectivity index (χ1v) is 5.89. The molecule has 0 saturated heterocycles. The number of benzene rings is 1. The van der Waals surface area contributed by atoms with Gasteiger partial charge >= 0.3 is 0 Å². The number of hydrogen-bond acceptors (Lipinski definition) is 3. The van der Waals surface area contributed by atoms with Crippen LogP contribution in [0.4, 0.5) is 4.39 Å². The van der Waals surface area contributed by atoms with E-state index in [1.807, 2.05) is 6.92 Å². The topological polar surface area (TPSA) is 51.8 Å². The highest BCUT2D eigenvalue weighted by Crippen LogP contribution is 2.26. The Labute approximate surface area is 107 Å². The lowest BCUT2D eigenvalue weighted by Crippen LogP contribution is -2.05. The summed E-state index contributed by atoms with van der Waals surface area (Å²) in [5.41, 5.74) is 7.92. The Hall–Kier alpha value is -1.33. The first kappa shape index (κ1) is 12.1. The van der Waals surface area contributed by atoms with E-state index < -0.39 is 0 Å². The summed E-state index contributed by atoms with van der Waals surface area (Å²) in [6, 6.07) is 4.41. The van der Waals surface area contributed by atoms with Crippen molar-refractivity contribution in [2.24, 2.45) is 5.73 Å². The molecule has 1 aromatic carbocycles. The lowest BCUT2D eigenvalue weighted by molar-refractivity contribution is 0.628. The molecule has 2 rings (SSSR count). The van der Waals surface area contributed by atoms with Crippen LogP contribution in [-0.4, -0.2) is 9.97 Å². The molecule has 0 amide bonds. The zero-order valence-electron chi connectivity index (χ0n) is 9.24. The molecule has 88 valence electrons. The predicted molar refractivity (Wildman–Crippen MR) is 67.8 cm³/mol. The highest BCUT2D eigenvalue weighted by molar-refractivity contribution is 9.10. The lowest BCUT2D eigenvalue weighted by atomic mass is 10.2. The Morgan fingerprint density at radius 1 is 1.41 bits per heavy atom. The van der Waals surface area contributed by atoms with Crippen LogP contribution in [0, 0.1) is 12.7 Å². The van der Waals surface area contributed by atoms with Crippen molar-refractivity contribution in [3.8, 4) is 11.4 Å². The summed E-state index contributed by atoms with van der Waals surface area (Å²) < 4.78 is 13.9. The van der Waals surface area contributed by atoms with Gasteiger partial charge in [0, 0.05) is 22.8 Å². The van der Waals surface area contributed by atoms with Crippen molar-refractivity contribution in [1.82, 2.24) is 9.97 Å². The van der Waals surface area contributed by atoms with Gasteiger partial charge in [0.1, 0.15) is 5.82 Å². The van der Waals surface area contributed by atoms with Crippen LogP contribution in [0.25, 0.3) is 11.4 Å². The van der Waals surface area contributed by atoms with Crippen LogP contribution >= 0.6 is 15.9 Å². The molecule has 0 aliphatic heterocycles. The second kappa shape index (κ2) is 4.89. The van der Waals surface area contributed by atoms with E-state index in [2.05, 4.69) is 25.9 Å². The maximum atomic E-state index is 13.2. The van der Waals surface area contributed by atoms with Gasteiger partial charge in [-0.2, -0.15) is 0 Å². The average Bonchev–Trinajstić information content (AvgIpc) is 2.33. The number of aryl methyl sites for hydroxylation is 1. The lowest BCUT2D eigenvalue weighted by Gasteiger charge is -2.07. The van der Waals surface area contributed by atoms with E-state index in [4.69, 9.17) is 5.73 Å². The third-order valence-electron chi connectivity index (χ3n) is 2.44. The smallest absolute Gasteiger partial charge is 0.160 e. The van der Waals surface area contributed by atoms with Gasteiger partial charge in [-0.05, 0) is 30.7 Å². The van der Waals surface area contributed by atoms with Crippen LogP contribution < -0.4 is 5.73 Å². The average molecular weight is 296 g/mol. The fraction of sp³-hybridized carbons (Fsp3) is 0.167. The molecule has 0 aliphatic carbocycles. The third kappa shape index (κ3) is 2.50. The minimum atomic E-state index is -0.318. The normalized spacial score (nSPS) is 10.6. The fourth-order valence-corrected chi connectivity index (χ4v) is 1.91. The van der Waals surface area contributed by atoms with Crippen molar-refractivity contribution in [3.63, 3.8) is 0 Å². The maximum Gasteiger partial charge on any atom is 0.160 e. The zero-order chi connectivity index (χ0) is 12.4. The second-order valence-electron chi connectivity index (χ2n) is 3.65. The molecular weight excluding hydrogens is 285 g/mol. The first-order valence-electron chi connectivity index (χ1n) is 5.10. The summed E-state index contributed by atoms with van der Waals surface area (Å²) in [4.78, 5) is 8.53. The third-order valence-corrected chi connectivity index (χ3v) is 3.13. The van der Waals surface area contributed by atoms with Gasteiger partial charge in [-0.25, -0.2) is 14.4 Å². The van der Waals surface area contributed by atoms with Gasteiger partial charge in [0.05, 0.1) is 5.69 Å². The van der Waals surface area contributed by atoms with Crippen LogP contribution in [0.3, 0.4) is 0 Å². The quantitative estimate of drug-likeness (QED) is 0.927. The molecule has 0 unspecified atom stereocenters. The van der Waals surface area contributed by atoms with Crippen molar-refractivity contribution in [2.75, 3.05) is 0 Å². The first-order chi connectivity index (χ1) is 8.11. The Kier molecular flexibility index (Phi) is 3.49. The minimum Gasteiger partial charge on any atom is -0.325 e. The van der Waals surface area contributed by atoms with Crippen LogP contribution in [0.5, 0.6) is 0 Å². The molecule has 0 saturated carbocycles. The number of rotatable bonds is 2. The van der Waals surface area contributed by atoms with E-state index in [9.17, 15) is 4.39 Å². The molecule has 2 aromatic rings.